The summed E-state index contributed by atoms with van der Waals surface area (Å²) in [6.45, 7) is 6.40. The molecule has 2 rings (SSSR count). The first kappa shape index (κ1) is 11.1. The molecule has 16 heavy (non-hydrogen) atoms. The van der Waals surface area contributed by atoms with Gasteiger partial charge in [-0.15, -0.1) is 0 Å². The average molecular weight is 237 g/mol. The summed E-state index contributed by atoms with van der Waals surface area (Å²) in [5.41, 5.74) is 2.85. The molecule has 0 saturated heterocycles. The number of benzene rings is 1. The van der Waals surface area contributed by atoms with Gasteiger partial charge in [-0.25, -0.2) is 4.98 Å². The maximum absolute atomic E-state index is 11.0. The molecule has 0 aliphatic rings. The largest absolute Gasteiger partial charge is 0.334 e. The Morgan fingerprint density at radius 3 is 2.62 bits per heavy atom. The summed E-state index contributed by atoms with van der Waals surface area (Å²) in [5.74, 6) is 0.197. The predicted octanol–water partition coefficient (Wildman–Crippen LogP) is 3.24. The average Bonchev–Trinajstić information content (AvgIpc) is 2.58. The molecule has 2 aromatic rings. The molecule has 0 aliphatic heterocycles. The van der Waals surface area contributed by atoms with Crippen molar-refractivity contribution in [2.24, 2.45) is 0 Å². The smallest absolute Gasteiger partial charge is 0.287 e. The highest BCUT2D eigenvalue weighted by Crippen LogP contribution is 2.25. The molecule has 4 heteroatoms. The van der Waals surface area contributed by atoms with Crippen molar-refractivity contribution in [3.63, 3.8) is 0 Å². The normalized spacial score (nSPS) is 12.0. The van der Waals surface area contributed by atoms with Crippen LogP contribution in [0.2, 0.25) is 0 Å². The van der Waals surface area contributed by atoms with Crippen LogP contribution < -0.4 is 0 Å². The third-order valence-corrected chi connectivity index (χ3v) is 2.71. The molecular weight excluding hydrogens is 224 g/mol. The van der Waals surface area contributed by atoms with Crippen LogP contribution in [0.25, 0.3) is 11.0 Å². The number of H-pyrrole nitrogens is 1. The summed E-state index contributed by atoms with van der Waals surface area (Å²) in [4.78, 5) is 18.0. The van der Waals surface area contributed by atoms with E-state index in [9.17, 15) is 4.79 Å². The highest BCUT2D eigenvalue weighted by Gasteiger charge is 2.15. The van der Waals surface area contributed by atoms with Crippen LogP contribution >= 0.6 is 11.6 Å². The van der Waals surface area contributed by atoms with Gasteiger partial charge >= 0.3 is 0 Å². The van der Waals surface area contributed by atoms with Gasteiger partial charge in [0.15, 0.2) is 5.82 Å². The summed E-state index contributed by atoms with van der Waals surface area (Å²) in [5, 5.41) is -0.562. The van der Waals surface area contributed by atoms with E-state index in [-0.39, 0.29) is 11.2 Å². The molecule has 1 N–H and O–H groups in total. The number of halogens is 1. The van der Waals surface area contributed by atoms with Gasteiger partial charge in [-0.05, 0) is 34.7 Å². The Morgan fingerprint density at radius 2 is 2.06 bits per heavy atom. The number of rotatable bonds is 1. The van der Waals surface area contributed by atoms with Gasteiger partial charge in [0, 0.05) is 0 Å². The molecule has 0 amide bonds. The molecule has 3 nitrogen and oxygen atoms in total. The van der Waals surface area contributed by atoms with Crippen LogP contribution in [0.3, 0.4) is 0 Å². The van der Waals surface area contributed by atoms with Crippen molar-refractivity contribution in [2.75, 3.05) is 0 Å². The molecule has 0 atom stereocenters. The summed E-state index contributed by atoms with van der Waals surface area (Å²) in [6.07, 6.45) is 0. The van der Waals surface area contributed by atoms with Gasteiger partial charge in [-0.2, -0.15) is 0 Å². The van der Waals surface area contributed by atoms with E-state index in [1.807, 2.05) is 18.2 Å². The molecule has 0 spiro atoms. The number of nitrogens with zero attached hydrogens (tertiary/aromatic N) is 1. The molecule has 0 radical (unpaired) electrons. The number of carbonyl (C=O) groups excluding carboxylic acids is 1. The molecule has 84 valence electrons. The maximum atomic E-state index is 11.0. The molecule has 1 heterocycles. The van der Waals surface area contributed by atoms with E-state index in [4.69, 9.17) is 11.6 Å². The van der Waals surface area contributed by atoms with E-state index in [0.29, 0.717) is 0 Å². The number of aromatic nitrogens is 2. The molecule has 1 aromatic heterocycles. The fraction of sp³-hybridized carbons (Fsp3) is 0.333. The van der Waals surface area contributed by atoms with Crippen molar-refractivity contribution in [1.29, 1.82) is 0 Å². The van der Waals surface area contributed by atoms with Crippen molar-refractivity contribution < 1.29 is 4.79 Å². The van der Waals surface area contributed by atoms with Crippen LogP contribution in [0, 0.1) is 0 Å². The van der Waals surface area contributed by atoms with Crippen molar-refractivity contribution >= 4 is 27.9 Å². The minimum absolute atomic E-state index is 0.0677. The van der Waals surface area contributed by atoms with Crippen molar-refractivity contribution in [3.05, 3.63) is 29.6 Å². The van der Waals surface area contributed by atoms with Crippen LogP contribution in [0.1, 0.15) is 37.0 Å². The summed E-state index contributed by atoms with van der Waals surface area (Å²) in [7, 11) is 0. The van der Waals surface area contributed by atoms with E-state index < -0.39 is 5.24 Å². The Balaban J connectivity index is 2.58. The molecule has 0 aliphatic carbocycles. The molecular formula is C12H13ClN2O. The third kappa shape index (κ3) is 1.95. The lowest BCUT2D eigenvalue weighted by Gasteiger charge is -2.18. The fourth-order valence-corrected chi connectivity index (χ4v) is 1.65. The molecule has 0 saturated carbocycles. The predicted molar refractivity (Wildman–Crippen MR) is 65.0 cm³/mol. The fourth-order valence-electron chi connectivity index (χ4n) is 1.57. The van der Waals surface area contributed by atoms with Crippen LogP contribution in [-0.4, -0.2) is 15.2 Å². The molecule has 0 unspecified atom stereocenters. The summed E-state index contributed by atoms with van der Waals surface area (Å²) < 4.78 is 0. The Labute approximate surface area is 98.8 Å². The van der Waals surface area contributed by atoms with E-state index in [1.165, 1.54) is 5.56 Å². The van der Waals surface area contributed by atoms with Gasteiger partial charge in [0.1, 0.15) is 0 Å². The molecule has 0 bridgehead atoms. The lowest BCUT2D eigenvalue weighted by molar-refractivity contribution is 0.107. The second kappa shape index (κ2) is 3.59. The van der Waals surface area contributed by atoms with Gasteiger partial charge in [0.2, 0.25) is 0 Å². The number of hydrogen-bond donors (Lipinski definition) is 1. The minimum Gasteiger partial charge on any atom is -0.334 e. The van der Waals surface area contributed by atoms with E-state index >= 15 is 0 Å². The van der Waals surface area contributed by atoms with Crippen molar-refractivity contribution in [3.8, 4) is 0 Å². The van der Waals surface area contributed by atoms with Crippen molar-refractivity contribution in [1.82, 2.24) is 9.97 Å². The Hall–Kier alpha value is -1.35. The lowest BCUT2D eigenvalue weighted by Crippen LogP contribution is -2.10. The highest BCUT2D eigenvalue weighted by molar-refractivity contribution is 6.67. The van der Waals surface area contributed by atoms with Crippen LogP contribution in [0.5, 0.6) is 0 Å². The summed E-state index contributed by atoms with van der Waals surface area (Å²) >= 11 is 5.37. The topological polar surface area (TPSA) is 45.8 Å². The standard InChI is InChI=1S/C12H13ClN2O/c1-12(2,3)7-4-5-8-9(6-7)15-11(14-8)10(13)16/h4-6H,1-3H3,(H,14,15). The van der Waals surface area contributed by atoms with Gasteiger partial charge in [0.25, 0.3) is 5.24 Å². The Morgan fingerprint density at radius 1 is 1.38 bits per heavy atom. The second-order valence-electron chi connectivity index (χ2n) is 4.84. The monoisotopic (exact) mass is 236 g/mol. The quantitative estimate of drug-likeness (QED) is 0.773. The number of imidazole rings is 1. The van der Waals surface area contributed by atoms with Gasteiger partial charge in [-0.3, -0.25) is 4.79 Å². The summed E-state index contributed by atoms with van der Waals surface area (Å²) in [6, 6.07) is 5.93. The third-order valence-electron chi connectivity index (χ3n) is 2.54. The minimum atomic E-state index is -0.562. The Bertz CT molecular complexity index is 552. The number of carbonyl (C=O) groups is 1. The van der Waals surface area contributed by atoms with E-state index in [0.717, 1.165) is 11.0 Å². The zero-order valence-corrected chi connectivity index (χ0v) is 10.2. The number of aromatic amines is 1. The first-order chi connectivity index (χ1) is 7.38. The number of nitrogens with one attached hydrogen (secondary N) is 1. The van der Waals surface area contributed by atoms with E-state index in [1.54, 1.807) is 0 Å². The molecule has 1 aromatic carbocycles. The first-order valence-corrected chi connectivity index (χ1v) is 5.46. The van der Waals surface area contributed by atoms with Gasteiger partial charge in [0.05, 0.1) is 11.0 Å². The number of fused-ring (bicyclic) bond motifs is 1. The maximum Gasteiger partial charge on any atom is 0.287 e. The van der Waals surface area contributed by atoms with Crippen LogP contribution in [-0.2, 0) is 5.41 Å². The number of hydrogen-bond acceptors (Lipinski definition) is 2. The van der Waals surface area contributed by atoms with Gasteiger partial charge < -0.3 is 4.98 Å². The SMILES string of the molecule is CC(C)(C)c1ccc2[nH]c(C(=O)Cl)nc2c1. The second-order valence-corrected chi connectivity index (χ2v) is 5.18. The zero-order chi connectivity index (χ0) is 11.9. The lowest BCUT2D eigenvalue weighted by atomic mass is 9.87. The van der Waals surface area contributed by atoms with Crippen molar-refractivity contribution in [2.45, 2.75) is 26.2 Å². The van der Waals surface area contributed by atoms with Crippen LogP contribution in [0.15, 0.2) is 18.2 Å². The molecule has 0 fully saturated rings. The first-order valence-electron chi connectivity index (χ1n) is 5.08. The van der Waals surface area contributed by atoms with Gasteiger partial charge in [-0.1, -0.05) is 26.8 Å². The zero-order valence-electron chi connectivity index (χ0n) is 9.47. The van der Waals surface area contributed by atoms with Crippen LogP contribution in [0.4, 0.5) is 0 Å². The van der Waals surface area contributed by atoms with E-state index in [2.05, 4.69) is 30.7 Å². The Kier molecular flexibility index (Phi) is 2.50. The highest BCUT2D eigenvalue weighted by atomic mass is 35.5.